The lowest BCUT2D eigenvalue weighted by Crippen LogP contribution is -2.02. The van der Waals surface area contributed by atoms with Crippen LogP contribution in [-0.2, 0) is 18.7 Å². The van der Waals surface area contributed by atoms with Crippen molar-refractivity contribution in [1.82, 2.24) is 24.9 Å². The van der Waals surface area contributed by atoms with Crippen LogP contribution < -0.4 is 0 Å². The van der Waals surface area contributed by atoms with Gasteiger partial charge in [-0.1, -0.05) is 53.7 Å². The largest absolute Gasteiger partial charge is 0.338 e. The molecule has 2 aromatic heterocycles. The lowest BCUT2D eigenvalue weighted by molar-refractivity contribution is 0.391. The van der Waals surface area contributed by atoms with E-state index < -0.39 is 0 Å². The van der Waals surface area contributed by atoms with Crippen molar-refractivity contribution in [1.29, 1.82) is 0 Å². The van der Waals surface area contributed by atoms with Crippen LogP contribution in [0, 0.1) is 0 Å². The maximum atomic E-state index is 5.35. The van der Waals surface area contributed by atoms with Gasteiger partial charge in [0.1, 0.15) is 5.82 Å². The first-order chi connectivity index (χ1) is 11.4. The normalized spacial score (nSPS) is 14.4. The summed E-state index contributed by atoms with van der Waals surface area (Å²) in [5.74, 6) is 2.94. The Bertz CT molecular complexity index is 783. The number of hydrogen-bond donors (Lipinski definition) is 0. The van der Waals surface area contributed by atoms with E-state index in [1.54, 1.807) is 11.8 Å². The molecule has 23 heavy (non-hydrogen) atoms. The number of rotatable bonds is 4. The van der Waals surface area contributed by atoms with E-state index in [9.17, 15) is 0 Å². The topological polar surface area (TPSA) is 69.6 Å². The third-order valence-electron chi connectivity index (χ3n) is 3.90. The first-order valence-electron chi connectivity index (χ1n) is 7.83. The number of benzene rings is 1. The number of fused-ring (bicyclic) bond motifs is 1. The average molecular weight is 327 g/mol. The van der Waals surface area contributed by atoms with Crippen molar-refractivity contribution in [2.24, 2.45) is 0 Å². The summed E-state index contributed by atoms with van der Waals surface area (Å²) in [6, 6.07) is 9.84. The Morgan fingerprint density at radius 3 is 2.91 bits per heavy atom. The molecule has 0 N–H and O–H groups in total. The third-order valence-corrected chi connectivity index (χ3v) is 4.85. The second-order valence-electron chi connectivity index (χ2n) is 5.53. The van der Waals surface area contributed by atoms with Crippen LogP contribution in [0.2, 0.25) is 0 Å². The molecule has 0 spiro atoms. The fourth-order valence-electron chi connectivity index (χ4n) is 2.71. The standard InChI is InChI=1S/C16H17N5OS/c1-3-7-12(8-4-1)15-17-14(22-20-15)11-23-16-19-18-13-9-5-2-6-10-21(13)16/h1,3-4,7-8H,2,5-6,9-11H2. The van der Waals surface area contributed by atoms with Crippen LogP contribution in [0.25, 0.3) is 11.4 Å². The van der Waals surface area contributed by atoms with Crippen molar-refractivity contribution < 1.29 is 4.52 Å². The van der Waals surface area contributed by atoms with Gasteiger partial charge in [-0.05, 0) is 12.8 Å². The molecule has 0 aliphatic carbocycles. The fourth-order valence-corrected chi connectivity index (χ4v) is 3.53. The van der Waals surface area contributed by atoms with Crippen LogP contribution in [0.1, 0.15) is 31.0 Å². The summed E-state index contributed by atoms with van der Waals surface area (Å²) in [6.45, 7) is 1.00. The highest BCUT2D eigenvalue weighted by Crippen LogP contribution is 2.25. The Morgan fingerprint density at radius 2 is 2.00 bits per heavy atom. The molecule has 118 valence electrons. The molecule has 1 aliphatic heterocycles. The second kappa shape index (κ2) is 6.54. The van der Waals surface area contributed by atoms with E-state index >= 15 is 0 Å². The molecule has 0 radical (unpaired) electrons. The minimum Gasteiger partial charge on any atom is -0.338 e. The molecule has 6 nitrogen and oxygen atoms in total. The van der Waals surface area contributed by atoms with Crippen LogP contribution in [0.15, 0.2) is 40.0 Å². The van der Waals surface area contributed by atoms with E-state index in [1.807, 2.05) is 30.3 Å². The number of hydrogen-bond acceptors (Lipinski definition) is 6. The van der Waals surface area contributed by atoms with Gasteiger partial charge in [0.05, 0.1) is 5.75 Å². The van der Waals surface area contributed by atoms with Crippen molar-refractivity contribution in [2.75, 3.05) is 0 Å². The predicted octanol–water partition coefficient (Wildman–Crippen LogP) is 3.35. The fraction of sp³-hybridized carbons (Fsp3) is 0.375. The minimum absolute atomic E-state index is 0.609. The molecule has 0 saturated carbocycles. The van der Waals surface area contributed by atoms with E-state index in [4.69, 9.17) is 4.52 Å². The Balaban J connectivity index is 1.46. The van der Waals surface area contributed by atoms with Crippen LogP contribution in [0.4, 0.5) is 0 Å². The highest BCUT2D eigenvalue weighted by atomic mass is 32.2. The summed E-state index contributed by atoms with van der Waals surface area (Å²) in [6.07, 6.45) is 4.67. The Labute approximate surface area is 138 Å². The van der Waals surface area contributed by atoms with Gasteiger partial charge in [0, 0.05) is 18.5 Å². The van der Waals surface area contributed by atoms with Crippen LogP contribution >= 0.6 is 11.8 Å². The molecular weight excluding hydrogens is 310 g/mol. The van der Waals surface area contributed by atoms with Gasteiger partial charge in [-0.3, -0.25) is 0 Å². The molecular formula is C16H17N5OS. The van der Waals surface area contributed by atoms with E-state index in [0.717, 1.165) is 29.5 Å². The summed E-state index contributed by atoms with van der Waals surface area (Å²) in [5.41, 5.74) is 0.962. The SMILES string of the molecule is c1ccc(-c2noc(CSc3nnc4n3CCCCC4)n2)cc1. The molecule has 0 unspecified atom stereocenters. The van der Waals surface area contributed by atoms with Crippen molar-refractivity contribution >= 4 is 11.8 Å². The molecule has 0 saturated heterocycles. The van der Waals surface area contributed by atoms with Crippen molar-refractivity contribution in [2.45, 2.75) is 43.1 Å². The molecule has 3 aromatic rings. The molecule has 0 bridgehead atoms. The summed E-state index contributed by atoms with van der Waals surface area (Å²) >= 11 is 1.61. The van der Waals surface area contributed by atoms with Crippen molar-refractivity contribution in [3.05, 3.63) is 42.0 Å². The molecule has 0 atom stereocenters. The van der Waals surface area contributed by atoms with Gasteiger partial charge in [-0.25, -0.2) is 0 Å². The molecule has 1 aromatic carbocycles. The Kier molecular flexibility index (Phi) is 4.10. The molecule has 0 amide bonds. The monoisotopic (exact) mass is 327 g/mol. The van der Waals surface area contributed by atoms with Gasteiger partial charge in [-0.15, -0.1) is 10.2 Å². The molecule has 4 rings (SSSR count). The van der Waals surface area contributed by atoms with Crippen LogP contribution in [0.5, 0.6) is 0 Å². The summed E-state index contributed by atoms with van der Waals surface area (Å²) in [5, 5.41) is 13.6. The Morgan fingerprint density at radius 1 is 1.09 bits per heavy atom. The zero-order chi connectivity index (χ0) is 15.5. The quantitative estimate of drug-likeness (QED) is 0.685. The second-order valence-corrected chi connectivity index (χ2v) is 6.47. The summed E-state index contributed by atoms with van der Waals surface area (Å²) in [7, 11) is 0. The lowest BCUT2D eigenvalue weighted by atomic mass is 10.2. The number of thioether (sulfide) groups is 1. The minimum atomic E-state index is 0.609. The van der Waals surface area contributed by atoms with Gasteiger partial charge >= 0.3 is 0 Å². The van der Waals surface area contributed by atoms with Gasteiger partial charge < -0.3 is 9.09 Å². The van der Waals surface area contributed by atoms with E-state index in [2.05, 4.69) is 24.9 Å². The molecule has 7 heteroatoms. The highest BCUT2D eigenvalue weighted by molar-refractivity contribution is 7.98. The predicted molar refractivity (Wildman–Crippen MR) is 86.9 cm³/mol. The molecule has 0 fully saturated rings. The van der Waals surface area contributed by atoms with E-state index in [0.29, 0.717) is 17.5 Å². The molecule has 1 aliphatic rings. The van der Waals surface area contributed by atoms with Gasteiger partial charge in [-0.2, -0.15) is 4.98 Å². The number of aromatic nitrogens is 5. The van der Waals surface area contributed by atoms with Gasteiger partial charge in [0.2, 0.25) is 11.7 Å². The van der Waals surface area contributed by atoms with Gasteiger partial charge in [0.15, 0.2) is 5.16 Å². The first kappa shape index (κ1) is 14.4. The maximum Gasteiger partial charge on any atom is 0.237 e. The van der Waals surface area contributed by atoms with Crippen molar-refractivity contribution in [3.63, 3.8) is 0 Å². The number of aryl methyl sites for hydroxylation is 1. The smallest absolute Gasteiger partial charge is 0.237 e. The third kappa shape index (κ3) is 3.14. The summed E-state index contributed by atoms with van der Waals surface area (Å²) in [4.78, 5) is 4.45. The van der Waals surface area contributed by atoms with Crippen LogP contribution in [-0.4, -0.2) is 24.9 Å². The van der Waals surface area contributed by atoms with E-state index in [-0.39, 0.29) is 0 Å². The lowest BCUT2D eigenvalue weighted by Gasteiger charge is -2.04. The Hall–Kier alpha value is -2.15. The zero-order valence-corrected chi connectivity index (χ0v) is 13.5. The molecule has 3 heterocycles. The van der Waals surface area contributed by atoms with Crippen molar-refractivity contribution in [3.8, 4) is 11.4 Å². The first-order valence-corrected chi connectivity index (χ1v) is 8.81. The average Bonchev–Trinajstić information content (AvgIpc) is 3.15. The van der Waals surface area contributed by atoms with Crippen LogP contribution in [0.3, 0.4) is 0 Å². The summed E-state index contributed by atoms with van der Waals surface area (Å²) < 4.78 is 7.58. The number of nitrogens with zero attached hydrogens (tertiary/aromatic N) is 5. The maximum absolute atomic E-state index is 5.35. The zero-order valence-electron chi connectivity index (χ0n) is 12.7. The van der Waals surface area contributed by atoms with Gasteiger partial charge in [0.25, 0.3) is 0 Å². The highest BCUT2D eigenvalue weighted by Gasteiger charge is 2.16. The van der Waals surface area contributed by atoms with E-state index in [1.165, 1.54) is 19.3 Å².